The largest absolute Gasteiger partial charge is 0.511 e. The zero-order valence-electron chi connectivity index (χ0n) is 19.3. The minimum atomic E-state index is -1.34. The van der Waals surface area contributed by atoms with E-state index in [0.29, 0.717) is 29.3 Å². The summed E-state index contributed by atoms with van der Waals surface area (Å²) >= 11 is 5.83. The smallest absolute Gasteiger partial charge is 0.476 e. The summed E-state index contributed by atoms with van der Waals surface area (Å²) in [6.45, 7) is 5.06. The summed E-state index contributed by atoms with van der Waals surface area (Å²) in [4.78, 5) is 36.0. The number of carbonyl (C=O) groups is 3. The summed E-state index contributed by atoms with van der Waals surface area (Å²) in [5.74, 6) is -0.449. The Morgan fingerprint density at radius 1 is 1.03 bits per heavy atom. The van der Waals surface area contributed by atoms with E-state index >= 15 is 0 Å². The number of ether oxygens (including phenoxy) is 4. The van der Waals surface area contributed by atoms with Gasteiger partial charge in [-0.25, -0.2) is 9.59 Å². The second kappa shape index (κ2) is 12.8. The predicted molar refractivity (Wildman–Crippen MR) is 126 cm³/mol. The lowest BCUT2D eigenvalue weighted by Crippen LogP contribution is -2.42. The van der Waals surface area contributed by atoms with Crippen LogP contribution in [0.5, 0.6) is 5.75 Å². The normalized spacial score (nSPS) is 11.8. The van der Waals surface area contributed by atoms with Gasteiger partial charge >= 0.3 is 12.1 Å². The number of nitrogens with one attached hydrogen (secondary N) is 1. The highest BCUT2D eigenvalue weighted by atomic mass is 35.5. The molecular formula is C24H29ClN2O7. The molecule has 0 aromatic heterocycles. The predicted octanol–water partition coefficient (Wildman–Crippen LogP) is 3.47. The molecule has 1 unspecified atom stereocenters. The van der Waals surface area contributed by atoms with Gasteiger partial charge in [-0.15, -0.1) is 0 Å². The zero-order chi connectivity index (χ0) is 25.1. The number of esters is 1. The SMILES string of the molecule is CC(OC(=O)OCCN)OC(=O)C(C)(C)Oc1ccc(CCNC(=O)c2ccc(Cl)cc2)cc1. The van der Waals surface area contributed by atoms with E-state index in [1.807, 2.05) is 12.1 Å². The van der Waals surface area contributed by atoms with E-state index in [1.54, 1.807) is 36.4 Å². The molecule has 0 saturated heterocycles. The van der Waals surface area contributed by atoms with Crippen molar-refractivity contribution in [2.75, 3.05) is 19.7 Å². The highest BCUT2D eigenvalue weighted by Gasteiger charge is 2.34. The highest BCUT2D eigenvalue weighted by Crippen LogP contribution is 2.21. The molecule has 1 amide bonds. The van der Waals surface area contributed by atoms with E-state index in [4.69, 9.17) is 31.5 Å². The first-order chi connectivity index (χ1) is 16.1. The third-order valence-corrected chi connectivity index (χ3v) is 4.72. The molecule has 9 nitrogen and oxygen atoms in total. The van der Waals surface area contributed by atoms with Gasteiger partial charge in [-0.1, -0.05) is 23.7 Å². The van der Waals surface area contributed by atoms with E-state index in [2.05, 4.69) is 10.1 Å². The van der Waals surface area contributed by atoms with Crippen molar-refractivity contribution in [2.24, 2.45) is 5.73 Å². The van der Waals surface area contributed by atoms with E-state index in [0.717, 1.165) is 5.56 Å². The Kier molecular flexibility index (Phi) is 10.2. The van der Waals surface area contributed by atoms with Gasteiger partial charge in [-0.3, -0.25) is 4.79 Å². The van der Waals surface area contributed by atoms with Crippen LogP contribution in [0.1, 0.15) is 36.7 Å². The molecular weight excluding hydrogens is 464 g/mol. The average molecular weight is 493 g/mol. The van der Waals surface area contributed by atoms with Crippen molar-refractivity contribution >= 4 is 29.6 Å². The molecule has 10 heteroatoms. The van der Waals surface area contributed by atoms with Gasteiger partial charge in [0.1, 0.15) is 12.4 Å². The van der Waals surface area contributed by atoms with Crippen molar-refractivity contribution < 1.29 is 33.3 Å². The first kappa shape index (κ1) is 26.9. The lowest BCUT2D eigenvalue weighted by Gasteiger charge is -2.26. The lowest BCUT2D eigenvalue weighted by molar-refractivity contribution is -0.183. The van der Waals surface area contributed by atoms with Crippen LogP contribution >= 0.6 is 11.6 Å². The summed E-state index contributed by atoms with van der Waals surface area (Å²) in [7, 11) is 0. The maximum atomic E-state index is 12.4. The van der Waals surface area contributed by atoms with Gasteiger partial charge in [0.2, 0.25) is 6.29 Å². The van der Waals surface area contributed by atoms with Crippen molar-refractivity contribution in [2.45, 2.75) is 39.1 Å². The second-order valence-corrected chi connectivity index (χ2v) is 8.18. The van der Waals surface area contributed by atoms with Crippen LogP contribution in [0.3, 0.4) is 0 Å². The van der Waals surface area contributed by atoms with Gasteiger partial charge in [0.25, 0.3) is 5.91 Å². The number of carbonyl (C=O) groups excluding carboxylic acids is 3. The van der Waals surface area contributed by atoms with Gasteiger partial charge in [0, 0.05) is 30.6 Å². The van der Waals surface area contributed by atoms with E-state index in [1.165, 1.54) is 20.8 Å². The standard InChI is InChI=1S/C24H29ClN2O7/c1-16(33-23(30)31-15-13-26)32-22(29)24(2,3)34-20-10-4-17(5-11-20)12-14-27-21(28)18-6-8-19(25)9-7-18/h4-11,16H,12-15,26H2,1-3H3,(H,27,28). The number of amides is 1. The third kappa shape index (κ3) is 8.92. The Bertz CT molecular complexity index is 962. The molecule has 2 aromatic carbocycles. The number of hydrogen-bond acceptors (Lipinski definition) is 8. The molecule has 0 spiro atoms. The van der Waals surface area contributed by atoms with Crippen LogP contribution < -0.4 is 15.8 Å². The van der Waals surface area contributed by atoms with Crippen molar-refractivity contribution in [3.05, 3.63) is 64.7 Å². The molecule has 3 N–H and O–H groups in total. The van der Waals surface area contributed by atoms with Crippen LogP contribution in [0, 0.1) is 0 Å². The summed E-state index contributed by atoms with van der Waals surface area (Å²) in [5, 5.41) is 3.42. The van der Waals surface area contributed by atoms with Crippen LogP contribution in [-0.2, 0) is 25.4 Å². The van der Waals surface area contributed by atoms with E-state index in [9.17, 15) is 14.4 Å². The molecule has 0 aliphatic rings. The molecule has 0 saturated carbocycles. The Morgan fingerprint density at radius 2 is 1.68 bits per heavy atom. The molecule has 0 bridgehead atoms. The van der Waals surface area contributed by atoms with Crippen molar-refractivity contribution in [1.82, 2.24) is 5.32 Å². The number of halogens is 1. The fraction of sp³-hybridized carbons (Fsp3) is 0.375. The fourth-order valence-corrected chi connectivity index (χ4v) is 2.84. The maximum absolute atomic E-state index is 12.4. The number of nitrogens with two attached hydrogens (primary N) is 1. The molecule has 0 radical (unpaired) electrons. The average Bonchev–Trinajstić information content (AvgIpc) is 2.78. The van der Waals surface area contributed by atoms with Gasteiger partial charge in [-0.05, 0) is 62.2 Å². The zero-order valence-corrected chi connectivity index (χ0v) is 20.1. The minimum absolute atomic E-state index is 0.00117. The molecule has 0 aliphatic carbocycles. The lowest BCUT2D eigenvalue weighted by atomic mass is 10.1. The quantitative estimate of drug-likeness (QED) is 0.360. The minimum Gasteiger partial charge on any atom is -0.476 e. The first-order valence-corrected chi connectivity index (χ1v) is 11.0. The second-order valence-electron chi connectivity index (χ2n) is 7.75. The van der Waals surface area contributed by atoms with Crippen molar-refractivity contribution in [3.8, 4) is 5.75 Å². The Hall–Kier alpha value is -3.30. The summed E-state index contributed by atoms with van der Waals surface area (Å²) in [6.07, 6.45) is -1.53. The van der Waals surface area contributed by atoms with Crippen LogP contribution in [-0.4, -0.2) is 49.6 Å². The number of benzene rings is 2. The topological polar surface area (TPSA) is 126 Å². The highest BCUT2D eigenvalue weighted by molar-refractivity contribution is 6.30. The first-order valence-electron chi connectivity index (χ1n) is 10.7. The Labute approximate surface area is 203 Å². The summed E-state index contributed by atoms with van der Waals surface area (Å²) < 4.78 is 20.4. The van der Waals surface area contributed by atoms with E-state index < -0.39 is 24.0 Å². The van der Waals surface area contributed by atoms with Gasteiger partial charge in [0.15, 0.2) is 5.60 Å². The number of hydrogen-bond donors (Lipinski definition) is 2. The number of rotatable bonds is 11. The molecule has 0 heterocycles. The van der Waals surface area contributed by atoms with Gasteiger partial charge in [0.05, 0.1) is 0 Å². The molecule has 0 aliphatic heterocycles. The summed E-state index contributed by atoms with van der Waals surface area (Å²) in [5.41, 5.74) is 5.41. The molecule has 2 rings (SSSR count). The molecule has 34 heavy (non-hydrogen) atoms. The van der Waals surface area contributed by atoms with Crippen molar-refractivity contribution in [3.63, 3.8) is 0 Å². The summed E-state index contributed by atoms with van der Waals surface area (Å²) in [6, 6.07) is 13.8. The van der Waals surface area contributed by atoms with Crippen molar-refractivity contribution in [1.29, 1.82) is 0 Å². The van der Waals surface area contributed by atoms with E-state index in [-0.39, 0.29) is 19.1 Å². The Morgan fingerprint density at radius 3 is 2.29 bits per heavy atom. The third-order valence-electron chi connectivity index (χ3n) is 4.47. The molecule has 184 valence electrons. The maximum Gasteiger partial charge on any atom is 0.511 e. The molecule has 0 fully saturated rings. The van der Waals surface area contributed by atoms with Crippen LogP contribution in [0.2, 0.25) is 5.02 Å². The van der Waals surface area contributed by atoms with Crippen LogP contribution in [0.15, 0.2) is 48.5 Å². The fourth-order valence-electron chi connectivity index (χ4n) is 2.71. The van der Waals surface area contributed by atoms with Crippen LogP contribution in [0.4, 0.5) is 4.79 Å². The Balaban J connectivity index is 1.80. The molecule has 2 aromatic rings. The monoisotopic (exact) mass is 492 g/mol. The van der Waals surface area contributed by atoms with Gasteiger partial charge < -0.3 is 30.0 Å². The molecule has 1 atom stereocenters. The van der Waals surface area contributed by atoms with Crippen LogP contribution in [0.25, 0.3) is 0 Å². The van der Waals surface area contributed by atoms with Gasteiger partial charge in [-0.2, -0.15) is 0 Å².